The van der Waals surface area contributed by atoms with Gasteiger partial charge in [-0.25, -0.2) is 0 Å². The largest absolute Gasteiger partial charge is 0.497 e. The Morgan fingerprint density at radius 3 is 2.12 bits per heavy atom. The van der Waals surface area contributed by atoms with Crippen molar-refractivity contribution in [1.29, 1.82) is 0 Å². The lowest BCUT2D eigenvalue weighted by Crippen LogP contribution is -2.20. The van der Waals surface area contributed by atoms with Crippen molar-refractivity contribution in [1.82, 2.24) is 0 Å². The van der Waals surface area contributed by atoms with Gasteiger partial charge in [0.2, 0.25) is 5.91 Å². The maximum Gasteiger partial charge on any atom is 0.219 e. The molecule has 1 amide bonds. The molecule has 0 aromatic heterocycles. The summed E-state index contributed by atoms with van der Waals surface area (Å²) >= 11 is 0. The summed E-state index contributed by atoms with van der Waals surface area (Å²) in [6, 6.07) is 4.81. The van der Waals surface area contributed by atoms with Crippen molar-refractivity contribution in [2.75, 3.05) is 14.2 Å². The zero-order chi connectivity index (χ0) is 12.1. The summed E-state index contributed by atoms with van der Waals surface area (Å²) in [5, 5.41) is 0. The molecule has 0 spiro atoms. The predicted octanol–water partition coefficient (Wildman–Crippen LogP) is 0.579. The molecule has 5 heteroatoms. The Kier molecular flexibility index (Phi) is 4.13. The third-order valence-corrected chi connectivity index (χ3v) is 2.22. The fraction of sp³-hybridized carbons (Fsp3) is 0.364. The van der Waals surface area contributed by atoms with Crippen molar-refractivity contribution in [2.24, 2.45) is 11.5 Å². The Balaban J connectivity index is 2.97. The Morgan fingerprint density at radius 2 is 1.75 bits per heavy atom. The number of carbonyl (C=O) groups is 1. The minimum absolute atomic E-state index is 0.0936. The van der Waals surface area contributed by atoms with Crippen LogP contribution in [0.1, 0.15) is 18.0 Å². The second-order valence-corrected chi connectivity index (χ2v) is 3.42. The van der Waals surface area contributed by atoms with Crippen molar-refractivity contribution in [3.63, 3.8) is 0 Å². The monoisotopic (exact) mass is 224 g/mol. The van der Waals surface area contributed by atoms with Crippen molar-refractivity contribution in [3.05, 3.63) is 23.8 Å². The van der Waals surface area contributed by atoms with Crippen LogP contribution in [0.5, 0.6) is 11.5 Å². The van der Waals surface area contributed by atoms with Gasteiger partial charge in [0.25, 0.3) is 0 Å². The molecule has 1 atom stereocenters. The molecule has 0 heterocycles. The molecule has 5 nitrogen and oxygen atoms in total. The maximum absolute atomic E-state index is 10.8. The number of primary amides is 1. The molecule has 0 aliphatic carbocycles. The van der Waals surface area contributed by atoms with Gasteiger partial charge < -0.3 is 20.9 Å². The molecule has 1 aromatic rings. The summed E-state index contributed by atoms with van der Waals surface area (Å²) in [6.07, 6.45) is 0.0936. The molecule has 1 unspecified atom stereocenters. The number of amides is 1. The molecule has 16 heavy (non-hydrogen) atoms. The lowest BCUT2D eigenvalue weighted by molar-refractivity contribution is -0.118. The Bertz CT molecular complexity index is 357. The lowest BCUT2D eigenvalue weighted by atomic mass is 10.0. The predicted molar refractivity (Wildman–Crippen MR) is 60.3 cm³/mol. The van der Waals surface area contributed by atoms with E-state index in [1.54, 1.807) is 32.4 Å². The molecular formula is C11H16N2O3. The minimum Gasteiger partial charge on any atom is -0.497 e. The molecule has 0 bridgehead atoms. The highest BCUT2D eigenvalue weighted by atomic mass is 16.5. The molecule has 0 saturated carbocycles. The van der Waals surface area contributed by atoms with Gasteiger partial charge in [-0.2, -0.15) is 0 Å². The van der Waals surface area contributed by atoms with Crippen LogP contribution in [0, 0.1) is 0 Å². The first-order valence-electron chi connectivity index (χ1n) is 4.83. The first-order valence-corrected chi connectivity index (χ1v) is 4.83. The van der Waals surface area contributed by atoms with E-state index in [9.17, 15) is 4.79 Å². The van der Waals surface area contributed by atoms with Gasteiger partial charge in [0.1, 0.15) is 11.5 Å². The number of benzene rings is 1. The fourth-order valence-electron chi connectivity index (χ4n) is 1.38. The summed E-state index contributed by atoms with van der Waals surface area (Å²) in [5.74, 6) is 0.831. The van der Waals surface area contributed by atoms with E-state index in [1.807, 2.05) is 0 Å². The van der Waals surface area contributed by atoms with Gasteiger partial charge in [-0.05, 0) is 17.7 Å². The molecular weight excluding hydrogens is 208 g/mol. The van der Waals surface area contributed by atoms with Crippen LogP contribution in [0.15, 0.2) is 18.2 Å². The average molecular weight is 224 g/mol. The highest BCUT2D eigenvalue weighted by Gasteiger charge is 2.12. The van der Waals surface area contributed by atoms with Gasteiger partial charge >= 0.3 is 0 Å². The van der Waals surface area contributed by atoms with E-state index in [1.165, 1.54) is 0 Å². The summed E-state index contributed by atoms with van der Waals surface area (Å²) in [4.78, 5) is 10.8. The number of methoxy groups -OCH3 is 2. The molecule has 88 valence electrons. The van der Waals surface area contributed by atoms with Gasteiger partial charge in [0.05, 0.1) is 14.2 Å². The van der Waals surface area contributed by atoms with E-state index < -0.39 is 11.9 Å². The van der Waals surface area contributed by atoms with E-state index in [4.69, 9.17) is 20.9 Å². The third-order valence-electron chi connectivity index (χ3n) is 2.22. The van der Waals surface area contributed by atoms with Crippen LogP contribution < -0.4 is 20.9 Å². The standard InChI is InChI=1S/C11H16N2O3/c1-15-8-3-7(4-9(5-8)16-2)10(12)6-11(13)14/h3-5,10H,6,12H2,1-2H3,(H2,13,14). The van der Waals surface area contributed by atoms with Crippen LogP contribution in [0.4, 0.5) is 0 Å². The number of ether oxygens (including phenoxy) is 2. The fourth-order valence-corrected chi connectivity index (χ4v) is 1.38. The molecule has 1 rings (SSSR count). The van der Waals surface area contributed by atoms with E-state index in [0.29, 0.717) is 11.5 Å². The number of rotatable bonds is 5. The van der Waals surface area contributed by atoms with Crippen molar-refractivity contribution >= 4 is 5.91 Å². The second-order valence-electron chi connectivity index (χ2n) is 3.42. The Hall–Kier alpha value is -1.75. The molecule has 0 aliphatic rings. The smallest absolute Gasteiger partial charge is 0.219 e. The quantitative estimate of drug-likeness (QED) is 0.765. The Labute approximate surface area is 94.3 Å². The van der Waals surface area contributed by atoms with Gasteiger partial charge in [-0.3, -0.25) is 4.79 Å². The van der Waals surface area contributed by atoms with Crippen LogP contribution in [-0.2, 0) is 4.79 Å². The van der Waals surface area contributed by atoms with Gasteiger partial charge in [-0.1, -0.05) is 0 Å². The minimum atomic E-state index is -0.443. The van der Waals surface area contributed by atoms with Gasteiger partial charge in [0, 0.05) is 18.5 Å². The molecule has 4 N–H and O–H groups in total. The average Bonchev–Trinajstić information content (AvgIpc) is 2.27. The number of hydrogen-bond donors (Lipinski definition) is 2. The first kappa shape index (κ1) is 12.3. The highest BCUT2D eigenvalue weighted by Crippen LogP contribution is 2.26. The van der Waals surface area contributed by atoms with Crippen molar-refractivity contribution in [3.8, 4) is 11.5 Å². The highest BCUT2D eigenvalue weighted by molar-refractivity contribution is 5.74. The lowest BCUT2D eigenvalue weighted by Gasteiger charge is -2.13. The summed E-state index contributed by atoms with van der Waals surface area (Å²) < 4.78 is 10.2. The van der Waals surface area contributed by atoms with E-state index in [2.05, 4.69) is 0 Å². The first-order chi connectivity index (χ1) is 7.56. The number of carbonyl (C=O) groups excluding carboxylic acids is 1. The van der Waals surface area contributed by atoms with Gasteiger partial charge in [0.15, 0.2) is 0 Å². The van der Waals surface area contributed by atoms with Crippen LogP contribution in [0.25, 0.3) is 0 Å². The maximum atomic E-state index is 10.8. The molecule has 0 aliphatic heterocycles. The van der Waals surface area contributed by atoms with E-state index in [0.717, 1.165) is 5.56 Å². The number of hydrogen-bond acceptors (Lipinski definition) is 4. The number of nitrogens with two attached hydrogens (primary N) is 2. The molecule has 0 radical (unpaired) electrons. The topological polar surface area (TPSA) is 87.6 Å². The zero-order valence-electron chi connectivity index (χ0n) is 9.40. The SMILES string of the molecule is COc1cc(OC)cc(C(N)CC(N)=O)c1. The van der Waals surface area contributed by atoms with Crippen LogP contribution in [-0.4, -0.2) is 20.1 Å². The van der Waals surface area contributed by atoms with Crippen LogP contribution >= 0.6 is 0 Å². The van der Waals surface area contributed by atoms with Crippen molar-refractivity contribution in [2.45, 2.75) is 12.5 Å². The molecule has 1 aromatic carbocycles. The summed E-state index contributed by atoms with van der Waals surface area (Å²) in [6.45, 7) is 0. The Morgan fingerprint density at radius 1 is 1.25 bits per heavy atom. The third kappa shape index (κ3) is 3.13. The van der Waals surface area contributed by atoms with E-state index >= 15 is 0 Å². The second kappa shape index (κ2) is 5.37. The van der Waals surface area contributed by atoms with E-state index in [-0.39, 0.29) is 6.42 Å². The van der Waals surface area contributed by atoms with Crippen LogP contribution in [0.2, 0.25) is 0 Å². The van der Waals surface area contributed by atoms with Crippen LogP contribution in [0.3, 0.4) is 0 Å². The molecule has 0 fully saturated rings. The summed E-state index contributed by atoms with van der Waals surface area (Å²) in [5.41, 5.74) is 11.7. The zero-order valence-corrected chi connectivity index (χ0v) is 9.40. The van der Waals surface area contributed by atoms with Crippen molar-refractivity contribution < 1.29 is 14.3 Å². The van der Waals surface area contributed by atoms with Gasteiger partial charge in [-0.15, -0.1) is 0 Å². The normalized spacial score (nSPS) is 11.9. The molecule has 0 saturated heterocycles. The summed E-state index contributed by atoms with van der Waals surface area (Å²) in [7, 11) is 3.11.